The molecule has 51 heavy (non-hydrogen) atoms. The predicted molar refractivity (Wildman–Crippen MR) is 190 cm³/mol. The quantitative estimate of drug-likeness (QED) is 0.107. The molecule has 0 fully saturated rings. The molecule has 5 heterocycles. The highest BCUT2D eigenvalue weighted by molar-refractivity contribution is 6.28. The van der Waals surface area contributed by atoms with Crippen molar-refractivity contribution in [3.8, 4) is 5.69 Å². The van der Waals surface area contributed by atoms with Crippen LogP contribution in [0.3, 0.4) is 0 Å². The molecule has 5 N–H and O–H groups in total. The number of aryl methyl sites for hydroxylation is 2. The number of amides is 2. The van der Waals surface area contributed by atoms with E-state index in [1.807, 2.05) is 53.9 Å². The largest absolute Gasteiger partial charge is 0.444 e. The van der Waals surface area contributed by atoms with E-state index in [0.29, 0.717) is 67.4 Å². The van der Waals surface area contributed by atoms with Crippen LogP contribution in [0.15, 0.2) is 37.2 Å². The topological polar surface area (TPSA) is 233 Å². The zero-order valence-corrected chi connectivity index (χ0v) is 30.6. The van der Waals surface area contributed by atoms with E-state index in [-0.39, 0.29) is 10.6 Å². The molecule has 5 rings (SSSR count). The summed E-state index contributed by atoms with van der Waals surface area (Å²) in [6, 6.07) is 0. The number of halogens is 2. The van der Waals surface area contributed by atoms with Crippen molar-refractivity contribution in [2.75, 3.05) is 24.1 Å². The Morgan fingerprint density at radius 1 is 0.804 bits per heavy atom. The first kappa shape index (κ1) is 38.5. The van der Waals surface area contributed by atoms with E-state index >= 15 is 0 Å². The zero-order chi connectivity index (χ0) is 37.2. The van der Waals surface area contributed by atoms with Gasteiger partial charge in [0.25, 0.3) is 0 Å². The van der Waals surface area contributed by atoms with Gasteiger partial charge in [-0.1, -0.05) is 5.21 Å². The van der Waals surface area contributed by atoms with Crippen LogP contribution in [0.4, 0.5) is 26.8 Å². The average Bonchev–Trinajstić information content (AvgIpc) is 3.78. The molecule has 19 nitrogen and oxygen atoms in total. The average molecular weight is 747 g/mol. The fourth-order valence-corrected chi connectivity index (χ4v) is 4.38. The van der Waals surface area contributed by atoms with Crippen LogP contribution in [0, 0.1) is 0 Å². The fraction of sp³-hybridized carbons (Fsp3) is 0.467. The van der Waals surface area contributed by atoms with E-state index in [2.05, 4.69) is 56.4 Å². The number of aromatic nitrogens is 11. The molecule has 0 spiro atoms. The summed E-state index contributed by atoms with van der Waals surface area (Å²) >= 11 is 11.6. The van der Waals surface area contributed by atoms with E-state index in [1.165, 1.54) is 12.4 Å². The van der Waals surface area contributed by atoms with Crippen molar-refractivity contribution in [2.24, 2.45) is 0 Å². The summed E-state index contributed by atoms with van der Waals surface area (Å²) in [5.74, 6) is 0.422. The lowest BCUT2D eigenvalue weighted by Gasteiger charge is -2.19. The van der Waals surface area contributed by atoms with Crippen molar-refractivity contribution in [3.63, 3.8) is 0 Å². The number of alkyl carbamates (subject to hydrolysis) is 2. The van der Waals surface area contributed by atoms with Crippen LogP contribution in [0.5, 0.6) is 0 Å². The predicted octanol–water partition coefficient (Wildman–Crippen LogP) is 4.54. The van der Waals surface area contributed by atoms with Crippen LogP contribution in [0.2, 0.25) is 10.6 Å². The van der Waals surface area contributed by atoms with Crippen molar-refractivity contribution in [2.45, 2.75) is 78.7 Å². The van der Waals surface area contributed by atoms with Crippen molar-refractivity contribution < 1.29 is 19.1 Å². The molecule has 0 aliphatic heterocycles. The molecule has 0 aliphatic rings. The van der Waals surface area contributed by atoms with Gasteiger partial charge in [-0.15, -0.1) is 5.10 Å². The number of hydrogen-bond donors (Lipinski definition) is 4. The minimum absolute atomic E-state index is 0.109. The normalized spacial score (nSPS) is 11.5. The molecule has 2 amide bonds. The lowest BCUT2D eigenvalue weighted by Crippen LogP contribution is -2.33. The van der Waals surface area contributed by atoms with Gasteiger partial charge in [-0.2, -0.15) is 24.8 Å². The number of carbonyl (C=O) groups is 2. The molecule has 0 unspecified atom stereocenters. The number of nitrogens with zero attached hydrogens (tertiary/aromatic N) is 11. The molecule has 274 valence electrons. The Labute approximate surface area is 303 Å². The van der Waals surface area contributed by atoms with Gasteiger partial charge < -0.3 is 31.2 Å². The van der Waals surface area contributed by atoms with Crippen LogP contribution in [-0.4, -0.2) is 91.0 Å². The van der Waals surface area contributed by atoms with Gasteiger partial charge in [0.05, 0.1) is 42.4 Å². The summed E-state index contributed by atoms with van der Waals surface area (Å²) in [5, 5.41) is 25.3. The molecule has 0 bridgehead atoms. The molecule has 0 aromatic carbocycles. The number of anilines is 3. The Kier molecular flexibility index (Phi) is 12.9. The second kappa shape index (κ2) is 17.1. The maximum absolute atomic E-state index is 11.6. The standard InChI is InChI=1S/C15H19ClN8O2.C15H22ClN7O2/c1-15(2,3)26-14(25)17-5-4-6-23-9-10(7-19-23)24-12-11(21-22-24)8-18-13(16)20-12;1-15(2,3)25-14(24)18-5-4-6-23-9-10(7-20-23)21-12-11(17)8-19-13(16)22-12/h7-9H,4-6H2,1-3H3,(H,17,25);7-9H,4-6,17H2,1-3H3,(H,18,24)(H,19,21,22). The third kappa shape index (κ3) is 12.8. The van der Waals surface area contributed by atoms with Crippen molar-refractivity contribution in [3.05, 3.63) is 47.7 Å². The molecule has 0 atom stereocenters. The molecule has 0 aliphatic carbocycles. The summed E-state index contributed by atoms with van der Waals surface area (Å²) < 4.78 is 15.4. The highest BCUT2D eigenvalue weighted by atomic mass is 35.5. The second-order valence-corrected chi connectivity index (χ2v) is 13.6. The smallest absolute Gasteiger partial charge is 0.407 e. The van der Waals surface area contributed by atoms with E-state index in [1.54, 1.807) is 26.4 Å². The molecule has 5 aromatic rings. The maximum atomic E-state index is 11.6. The van der Waals surface area contributed by atoms with Gasteiger partial charge in [0.1, 0.15) is 16.9 Å². The Morgan fingerprint density at radius 2 is 1.37 bits per heavy atom. The molecular weight excluding hydrogens is 705 g/mol. The number of hydrogen-bond acceptors (Lipinski definition) is 14. The Morgan fingerprint density at radius 3 is 2.00 bits per heavy atom. The number of nitrogens with one attached hydrogen (secondary N) is 3. The first-order chi connectivity index (χ1) is 24.0. The van der Waals surface area contributed by atoms with Gasteiger partial charge in [0, 0.05) is 32.4 Å². The second-order valence-electron chi connectivity index (χ2n) is 12.9. The summed E-state index contributed by atoms with van der Waals surface area (Å²) in [6.07, 6.45) is 10.4. The van der Waals surface area contributed by atoms with E-state index in [4.69, 9.17) is 38.4 Å². The van der Waals surface area contributed by atoms with Gasteiger partial charge in [-0.05, 0) is 77.6 Å². The number of carbonyl (C=O) groups excluding carboxylic acids is 2. The SMILES string of the molecule is CC(C)(C)OC(=O)NCCCn1cc(-n2nnc3cnc(Cl)nc32)cn1.CC(C)(C)OC(=O)NCCCn1cc(Nc2nc(Cl)ncc2N)cn1. The van der Waals surface area contributed by atoms with Crippen LogP contribution in [0.1, 0.15) is 54.4 Å². The van der Waals surface area contributed by atoms with Gasteiger partial charge in [0.2, 0.25) is 10.6 Å². The number of fused-ring (bicyclic) bond motifs is 1. The molecule has 0 radical (unpaired) electrons. The van der Waals surface area contributed by atoms with E-state index in [9.17, 15) is 9.59 Å². The third-order valence-corrected chi connectivity index (χ3v) is 6.54. The van der Waals surface area contributed by atoms with Gasteiger partial charge in [-0.3, -0.25) is 9.36 Å². The van der Waals surface area contributed by atoms with Crippen LogP contribution < -0.4 is 21.7 Å². The number of nitrogens with two attached hydrogens (primary N) is 1. The lowest BCUT2D eigenvalue weighted by molar-refractivity contribution is 0.0515. The highest BCUT2D eigenvalue weighted by Gasteiger charge is 2.17. The van der Waals surface area contributed by atoms with Gasteiger partial charge in [0.15, 0.2) is 17.0 Å². The van der Waals surface area contributed by atoms with Crippen molar-refractivity contribution >= 4 is 63.7 Å². The van der Waals surface area contributed by atoms with Gasteiger partial charge >= 0.3 is 12.2 Å². The van der Waals surface area contributed by atoms with Crippen molar-refractivity contribution in [1.82, 2.24) is 65.1 Å². The molecule has 5 aromatic heterocycles. The molecule has 0 saturated heterocycles. The van der Waals surface area contributed by atoms with Crippen molar-refractivity contribution in [1.29, 1.82) is 0 Å². The Balaban J connectivity index is 0.000000229. The van der Waals surface area contributed by atoms with Crippen LogP contribution in [-0.2, 0) is 22.6 Å². The first-order valence-electron chi connectivity index (χ1n) is 15.8. The molecular formula is C30H41Cl2N15O4. The van der Waals surface area contributed by atoms with E-state index < -0.39 is 23.4 Å². The highest BCUT2D eigenvalue weighted by Crippen LogP contribution is 2.21. The maximum Gasteiger partial charge on any atom is 0.407 e. The Bertz CT molecular complexity index is 1910. The van der Waals surface area contributed by atoms with E-state index in [0.717, 1.165) is 5.69 Å². The van der Waals surface area contributed by atoms with Crippen LogP contribution in [0.25, 0.3) is 16.9 Å². The fourth-order valence-electron chi connectivity index (χ4n) is 4.11. The monoisotopic (exact) mass is 745 g/mol. The minimum atomic E-state index is -0.506. The minimum Gasteiger partial charge on any atom is -0.444 e. The number of nitrogen functional groups attached to an aromatic ring is 1. The summed E-state index contributed by atoms with van der Waals surface area (Å²) in [6.45, 7) is 13.2. The number of rotatable bonds is 11. The summed E-state index contributed by atoms with van der Waals surface area (Å²) in [4.78, 5) is 39.0. The lowest BCUT2D eigenvalue weighted by atomic mass is 10.2. The molecule has 21 heteroatoms. The summed E-state index contributed by atoms with van der Waals surface area (Å²) in [5.41, 5.74) is 7.66. The Hall–Kier alpha value is -5.30. The van der Waals surface area contributed by atoms with Gasteiger partial charge in [-0.25, -0.2) is 19.6 Å². The molecule has 0 saturated carbocycles. The third-order valence-electron chi connectivity index (χ3n) is 6.18. The van der Waals surface area contributed by atoms with Crippen LogP contribution >= 0.6 is 23.2 Å². The summed E-state index contributed by atoms with van der Waals surface area (Å²) in [7, 11) is 0. The number of ether oxygens (including phenoxy) is 2. The first-order valence-corrected chi connectivity index (χ1v) is 16.6. The zero-order valence-electron chi connectivity index (χ0n) is 29.1.